The van der Waals surface area contributed by atoms with Gasteiger partial charge in [0.2, 0.25) is 5.91 Å². The second-order valence-corrected chi connectivity index (χ2v) is 8.40. The maximum absolute atomic E-state index is 12.9. The molecule has 30 heavy (non-hydrogen) atoms. The molecule has 2 aliphatic rings. The lowest BCUT2D eigenvalue weighted by atomic mass is 9.82. The van der Waals surface area contributed by atoms with Gasteiger partial charge in [-0.15, -0.1) is 0 Å². The molecule has 2 atom stereocenters. The first-order chi connectivity index (χ1) is 14.6. The Morgan fingerprint density at radius 2 is 2.03 bits per heavy atom. The number of fused-ring (bicyclic) bond motifs is 4. The maximum atomic E-state index is 12.9. The van der Waals surface area contributed by atoms with Crippen LogP contribution in [0.15, 0.2) is 53.7 Å². The largest absolute Gasteiger partial charge is 0.342 e. The highest BCUT2D eigenvalue weighted by atomic mass is 16.2. The van der Waals surface area contributed by atoms with Crippen molar-refractivity contribution in [2.45, 2.75) is 31.7 Å². The molecule has 1 saturated heterocycles. The van der Waals surface area contributed by atoms with Crippen LogP contribution in [0.2, 0.25) is 0 Å². The highest BCUT2D eigenvalue weighted by Crippen LogP contribution is 2.36. The molecule has 0 radical (unpaired) electrons. The lowest BCUT2D eigenvalue weighted by Gasteiger charge is -2.43. The predicted molar refractivity (Wildman–Crippen MR) is 113 cm³/mol. The Bertz CT molecular complexity index is 1130. The summed E-state index contributed by atoms with van der Waals surface area (Å²) >= 11 is 0. The molecule has 0 spiro atoms. The monoisotopic (exact) mass is 403 g/mol. The fourth-order valence-electron chi connectivity index (χ4n) is 4.90. The van der Waals surface area contributed by atoms with Gasteiger partial charge in [-0.1, -0.05) is 6.07 Å². The Morgan fingerprint density at radius 3 is 2.80 bits per heavy atom. The zero-order valence-corrected chi connectivity index (χ0v) is 17.1. The fraction of sp³-hybridized carbons (Fsp3) is 0.391. The molecular weight excluding hydrogens is 378 g/mol. The van der Waals surface area contributed by atoms with Crippen LogP contribution in [0.25, 0.3) is 11.1 Å². The molecule has 0 unspecified atom stereocenters. The summed E-state index contributed by atoms with van der Waals surface area (Å²) in [6, 6.07) is 9.63. The standard InChI is InChI=1S/C23H25N5O2/c1-26-20(6-8-25-26)4-5-22(29)27-13-16-9-19(15-27)21-10-18(11-23(30)28(21)14-16)17-3-2-7-24-12-17/h2-3,6-8,10-12,16,19H,4-5,9,13-15H2,1H3/t16-,19+/m0/s1. The molecule has 7 heteroatoms. The summed E-state index contributed by atoms with van der Waals surface area (Å²) in [5.41, 5.74) is 4.00. The fourth-order valence-corrected chi connectivity index (χ4v) is 4.90. The molecule has 0 N–H and O–H groups in total. The number of amides is 1. The van der Waals surface area contributed by atoms with Crippen LogP contribution in [0.4, 0.5) is 0 Å². The molecular formula is C23H25N5O2. The second-order valence-electron chi connectivity index (χ2n) is 8.40. The van der Waals surface area contributed by atoms with Gasteiger partial charge in [-0.2, -0.15) is 5.10 Å². The average Bonchev–Trinajstić information content (AvgIpc) is 3.18. The Balaban J connectivity index is 1.37. The zero-order chi connectivity index (χ0) is 20.7. The molecule has 2 aliphatic heterocycles. The molecule has 3 aromatic heterocycles. The minimum absolute atomic E-state index is 0.0389. The molecule has 7 nitrogen and oxygen atoms in total. The van der Waals surface area contributed by atoms with Crippen molar-refractivity contribution in [3.05, 3.63) is 70.7 Å². The van der Waals surface area contributed by atoms with Crippen molar-refractivity contribution in [1.82, 2.24) is 24.2 Å². The van der Waals surface area contributed by atoms with E-state index in [1.54, 1.807) is 24.7 Å². The summed E-state index contributed by atoms with van der Waals surface area (Å²) in [5, 5.41) is 4.18. The van der Waals surface area contributed by atoms with Gasteiger partial charge >= 0.3 is 0 Å². The zero-order valence-electron chi connectivity index (χ0n) is 17.1. The van der Waals surface area contributed by atoms with Gasteiger partial charge in [0.15, 0.2) is 0 Å². The summed E-state index contributed by atoms with van der Waals surface area (Å²) in [6.45, 7) is 2.09. The first-order valence-electron chi connectivity index (χ1n) is 10.5. The quantitative estimate of drug-likeness (QED) is 0.670. The van der Waals surface area contributed by atoms with Gasteiger partial charge in [-0.25, -0.2) is 0 Å². The Kier molecular flexibility index (Phi) is 4.73. The molecule has 3 aromatic rings. The van der Waals surface area contributed by atoms with E-state index >= 15 is 0 Å². The van der Waals surface area contributed by atoms with Gasteiger partial charge in [0.05, 0.1) is 0 Å². The molecule has 154 valence electrons. The van der Waals surface area contributed by atoms with Crippen molar-refractivity contribution in [2.24, 2.45) is 13.0 Å². The summed E-state index contributed by atoms with van der Waals surface area (Å²) in [6.07, 6.45) is 7.49. The third-order valence-corrected chi connectivity index (χ3v) is 6.42. The summed E-state index contributed by atoms with van der Waals surface area (Å²) in [5.74, 6) is 0.714. The topological polar surface area (TPSA) is 73.0 Å². The van der Waals surface area contributed by atoms with E-state index in [0.29, 0.717) is 31.8 Å². The molecule has 1 fully saturated rings. The van der Waals surface area contributed by atoms with Crippen LogP contribution in [-0.4, -0.2) is 43.2 Å². The van der Waals surface area contributed by atoms with Gasteiger partial charge in [0, 0.05) is 80.6 Å². The summed E-state index contributed by atoms with van der Waals surface area (Å²) < 4.78 is 3.73. The van der Waals surface area contributed by atoms with Crippen LogP contribution in [-0.2, 0) is 24.8 Å². The van der Waals surface area contributed by atoms with Gasteiger partial charge in [-0.3, -0.25) is 19.3 Å². The molecule has 0 aromatic carbocycles. The van der Waals surface area contributed by atoms with Crippen molar-refractivity contribution < 1.29 is 4.79 Å². The van der Waals surface area contributed by atoms with Crippen molar-refractivity contribution >= 4 is 5.91 Å². The van der Waals surface area contributed by atoms with E-state index in [2.05, 4.69) is 16.1 Å². The minimum atomic E-state index is 0.0389. The van der Waals surface area contributed by atoms with E-state index < -0.39 is 0 Å². The number of carbonyl (C=O) groups is 1. The molecule has 0 saturated carbocycles. The maximum Gasteiger partial charge on any atom is 0.251 e. The van der Waals surface area contributed by atoms with Crippen molar-refractivity contribution in [3.8, 4) is 11.1 Å². The average molecular weight is 403 g/mol. The SMILES string of the molecule is Cn1nccc1CCC(=O)N1C[C@@H]2C[C@H](C1)c1cc(-c3cccnc3)cc(=O)n1C2. The van der Waals surface area contributed by atoms with E-state index in [-0.39, 0.29) is 17.4 Å². The molecule has 2 bridgehead atoms. The number of carbonyl (C=O) groups excluding carboxylic acids is 1. The number of hydrogen-bond donors (Lipinski definition) is 0. The van der Waals surface area contributed by atoms with Crippen LogP contribution in [0.5, 0.6) is 0 Å². The Labute approximate surface area is 175 Å². The smallest absolute Gasteiger partial charge is 0.251 e. The highest BCUT2D eigenvalue weighted by Gasteiger charge is 2.36. The van der Waals surface area contributed by atoms with Gasteiger partial charge < -0.3 is 9.47 Å². The summed E-state index contributed by atoms with van der Waals surface area (Å²) in [7, 11) is 1.90. The number of hydrogen-bond acceptors (Lipinski definition) is 4. The molecule has 0 aliphatic carbocycles. The van der Waals surface area contributed by atoms with E-state index in [1.807, 2.05) is 39.4 Å². The third-order valence-electron chi connectivity index (χ3n) is 6.42. The van der Waals surface area contributed by atoms with Gasteiger partial charge in [-0.05, 0) is 42.5 Å². The number of nitrogens with zero attached hydrogens (tertiary/aromatic N) is 5. The van der Waals surface area contributed by atoms with Crippen molar-refractivity contribution in [1.29, 1.82) is 0 Å². The first-order valence-corrected chi connectivity index (χ1v) is 10.5. The number of aryl methyl sites for hydroxylation is 2. The van der Waals surface area contributed by atoms with Crippen molar-refractivity contribution in [2.75, 3.05) is 13.1 Å². The van der Waals surface area contributed by atoms with E-state index in [0.717, 1.165) is 35.5 Å². The first kappa shape index (κ1) is 18.8. The van der Waals surface area contributed by atoms with Gasteiger partial charge in [0.25, 0.3) is 5.56 Å². The highest BCUT2D eigenvalue weighted by molar-refractivity contribution is 5.76. The number of aromatic nitrogens is 4. The van der Waals surface area contributed by atoms with E-state index in [9.17, 15) is 9.59 Å². The molecule has 5 rings (SSSR count). The minimum Gasteiger partial charge on any atom is -0.342 e. The number of pyridine rings is 2. The summed E-state index contributed by atoms with van der Waals surface area (Å²) in [4.78, 5) is 31.9. The van der Waals surface area contributed by atoms with Crippen LogP contribution < -0.4 is 5.56 Å². The van der Waals surface area contributed by atoms with Gasteiger partial charge in [0.1, 0.15) is 0 Å². The van der Waals surface area contributed by atoms with Crippen LogP contribution in [0, 0.1) is 5.92 Å². The lowest BCUT2D eigenvalue weighted by molar-refractivity contribution is -0.133. The van der Waals surface area contributed by atoms with Crippen LogP contribution >= 0.6 is 0 Å². The Morgan fingerprint density at radius 1 is 1.13 bits per heavy atom. The number of piperidine rings is 1. The second kappa shape index (κ2) is 7.55. The normalized spacial score (nSPS) is 20.1. The van der Waals surface area contributed by atoms with Crippen molar-refractivity contribution in [3.63, 3.8) is 0 Å². The number of rotatable bonds is 4. The molecule has 5 heterocycles. The lowest BCUT2D eigenvalue weighted by Crippen LogP contribution is -2.49. The predicted octanol–water partition coefficient (Wildman–Crippen LogP) is 2.22. The number of likely N-dealkylation sites (tertiary alicyclic amines) is 1. The van der Waals surface area contributed by atoms with Crippen LogP contribution in [0.1, 0.15) is 30.1 Å². The van der Waals surface area contributed by atoms with E-state index in [1.165, 1.54) is 0 Å². The Hall–Kier alpha value is -3.22. The van der Waals surface area contributed by atoms with E-state index in [4.69, 9.17) is 0 Å². The van der Waals surface area contributed by atoms with Crippen LogP contribution in [0.3, 0.4) is 0 Å². The third kappa shape index (κ3) is 3.44. The molecule has 1 amide bonds.